The van der Waals surface area contributed by atoms with E-state index >= 15 is 0 Å². The van der Waals surface area contributed by atoms with Crippen molar-refractivity contribution < 1.29 is 0 Å². The molecule has 1 aromatic carbocycles. The number of pyridine rings is 1. The van der Waals surface area contributed by atoms with Crippen molar-refractivity contribution in [3.8, 4) is 17.3 Å². The molecule has 0 N–H and O–H groups in total. The molecule has 0 aliphatic rings. The number of hydrogen-bond donors (Lipinski definition) is 0. The number of halogens is 3. The molecule has 1 aromatic heterocycles. The number of benzene rings is 1. The summed E-state index contributed by atoms with van der Waals surface area (Å²) in [5, 5.41) is 10.3. The molecule has 0 aliphatic heterocycles. The minimum atomic E-state index is 0.229. The molecule has 1 heterocycles. The highest BCUT2D eigenvalue weighted by Gasteiger charge is 2.09. The van der Waals surface area contributed by atoms with E-state index in [2.05, 4.69) is 11.1 Å². The van der Waals surface area contributed by atoms with Gasteiger partial charge in [-0.05, 0) is 29.8 Å². The van der Waals surface area contributed by atoms with Gasteiger partial charge < -0.3 is 0 Å². The summed E-state index contributed by atoms with van der Waals surface area (Å²) < 4.78 is 0. The fourth-order valence-electron chi connectivity index (χ4n) is 1.54. The van der Waals surface area contributed by atoms with Gasteiger partial charge in [0.25, 0.3) is 0 Å². The molecule has 0 fully saturated rings. The van der Waals surface area contributed by atoms with Crippen LogP contribution in [0, 0.1) is 11.3 Å². The predicted octanol–water partition coefficient (Wildman–Crippen LogP) is 4.77. The highest BCUT2D eigenvalue weighted by atomic mass is 35.5. The third kappa shape index (κ3) is 2.76. The van der Waals surface area contributed by atoms with Crippen LogP contribution in [0.3, 0.4) is 0 Å². The van der Waals surface area contributed by atoms with Crippen LogP contribution in [0.2, 0.25) is 15.1 Å². The predicted molar refractivity (Wildman–Crippen MR) is 74.0 cm³/mol. The summed E-state index contributed by atoms with van der Waals surface area (Å²) in [6.45, 7) is 0. The van der Waals surface area contributed by atoms with Crippen molar-refractivity contribution in [3.05, 3.63) is 51.1 Å². The van der Waals surface area contributed by atoms with Crippen LogP contribution in [-0.2, 0) is 6.42 Å². The van der Waals surface area contributed by atoms with Crippen LogP contribution < -0.4 is 0 Å². The molecule has 0 radical (unpaired) electrons. The number of rotatable bonds is 2. The molecule has 0 amide bonds. The standard InChI is InChI=1S/C13H7Cl3N2/c14-9-1-2-11(15)10(6-9)13-5-8(3-4-17)12(16)7-18-13/h1-2,5-7H,3H2. The Hall–Kier alpha value is -1.27. The van der Waals surface area contributed by atoms with E-state index < -0.39 is 0 Å². The topological polar surface area (TPSA) is 36.7 Å². The zero-order chi connectivity index (χ0) is 13.1. The second kappa shape index (κ2) is 5.58. The lowest BCUT2D eigenvalue weighted by Crippen LogP contribution is -1.90. The van der Waals surface area contributed by atoms with Gasteiger partial charge in [0.2, 0.25) is 0 Å². The van der Waals surface area contributed by atoms with Crippen molar-refractivity contribution in [1.82, 2.24) is 4.98 Å². The van der Waals surface area contributed by atoms with Crippen molar-refractivity contribution >= 4 is 34.8 Å². The van der Waals surface area contributed by atoms with Crippen LogP contribution in [0.1, 0.15) is 5.56 Å². The minimum absolute atomic E-state index is 0.229. The molecule has 0 bridgehead atoms. The van der Waals surface area contributed by atoms with Gasteiger partial charge in [0.1, 0.15) is 0 Å². The van der Waals surface area contributed by atoms with Gasteiger partial charge in [0, 0.05) is 16.8 Å². The second-order valence-electron chi connectivity index (χ2n) is 3.62. The first-order chi connectivity index (χ1) is 8.61. The number of nitrogens with zero attached hydrogens (tertiary/aromatic N) is 2. The monoisotopic (exact) mass is 296 g/mol. The molecular weight excluding hydrogens is 291 g/mol. The van der Waals surface area contributed by atoms with Gasteiger partial charge in [0.15, 0.2) is 0 Å². The first-order valence-electron chi connectivity index (χ1n) is 5.08. The fourth-order valence-corrected chi connectivity index (χ4v) is 2.10. The van der Waals surface area contributed by atoms with Gasteiger partial charge in [-0.3, -0.25) is 4.98 Å². The summed E-state index contributed by atoms with van der Waals surface area (Å²) in [7, 11) is 0. The average molecular weight is 298 g/mol. The van der Waals surface area contributed by atoms with E-state index in [0.717, 1.165) is 11.1 Å². The van der Waals surface area contributed by atoms with Crippen molar-refractivity contribution in [1.29, 1.82) is 5.26 Å². The van der Waals surface area contributed by atoms with Crippen LogP contribution in [0.5, 0.6) is 0 Å². The maximum Gasteiger partial charge on any atom is 0.0721 e. The molecule has 2 rings (SSSR count). The molecule has 0 saturated heterocycles. The lowest BCUT2D eigenvalue weighted by Gasteiger charge is -2.07. The normalized spacial score (nSPS) is 10.1. The van der Waals surface area contributed by atoms with Gasteiger partial charge in [-0.15, -0.1) is 0 Å². The number of hydrogen-bond acceptors (Lipinski definition) is 2. The first-order valence-corrected chi connectivity index (χ1v) is 6.22. The fraction of sp³-hybridized carbons (Fsp3) is 0.0769. The Kier molecular flexibility index (Phi) is 4.08. The van der Waals surface area contributed by atoms with Crippen LogP contribution >= 0.6 is 34.8 Å². The third-order valence-electron chi connectivity index (χ3n) is 2.41. The first kappa shape index (κ1) is 13.2. The van der Waals surface area contributed by atoms with Crippen LogP contribution in [0.4, 0.5) is 0 Å². The lowest BCUT2D eigenvalue weighted by molar-refractivity contribution is 1.21. The molecule has 18 heavy (non-hydrogen) atoms. The van der Waals surface area contributed by atoms with E-state index in [-0.39, 0.29) is 6.42 Å². The van der Waals surface area contributed by atoms with Gasteiger partial charge in [-0.25, -0.2) is 0 Å². The SMILES string of the molecule is N#CCc1cc(-c2cc(Cl)ccc2Cl)ncc1Cl. The Morgan fingerprint density at radius 1 is 1.11 bits per heavy atom. The van der Waals surface area contributed by atoms with Crippen LogP contribution in [0.25, 0.3) is 11.3 Å². The van der Waals surface area contributed by atoms with Crippen molar-refractivity contribution in [3.63, 3.8) is 0 Å². The minimum Gasteiger partial charge on any atom is -0.255 e. The molecule has 0 unspecified atom stereocenters. The van der Waals surface area contributed by atoms with Crippen LogP contribution in [-0.4, -0.2) is 4.98 Å². The molecule has 0 spiro atoms. The highest BCUT2D eigenvalue weighted by molar-refractivity contribution is 6.35. The summed E-state index contributed by atoms with van der Waals surface area (Å²) in [4.78, 5) is 4.21. The Morgan fingerprint density at radius 2 is 1.89 bits per heavy atom. The van der Waals surface area contributed by atoms with Gasteiger partial charge in [-0.1, -0.05) is 34.8 Å². The molecule has 5 heteroatoms. The number of aromatic nitrogens is 1. The summed E-state index contributed by atoms with van der Waals surface area (Å²) in [5.41, 5.74) is 2.09. The van der Waals surface area contributed by atoms with Gasteiger partial charge >= 0.3 is 0 Å². The van der Waals surface area contributed by atoms with Crippen LogP contribution in [0.15, 0.2) is 30.5 Å². The Labute approximate surface area is 120 Å². The smallest absolute Gasteiger partial charge is 0.0721 e. The summed E-state index contributed by atoms with van der Waals surface area (Å²) in [6, 6.07) is 8.96. The molecular formula is C13H7Cl3N2. The van der Waals surface area contributed by atoms with E-state index in [1.54, 1.807) is 24.3 Å². The Morgan fingerprint density at radius 3 is 2.61 bits per heavy atom. The third-order valence-corrected chi connectivity index (χ3v) is 3.31. The van der Waals surface area contributed by atoms with Gasteiger partial charge in [0.05, 0.1) is 28.2 Å². The van der Waals surface area contributed by atoms with Gasteiger partial charge in [-0.2, -0.15) is 5.26 Å². The Bertz CT molecular complexity index is 633. The lowest BCUT2D eigenvalue weighted by atomic mass is 10.1. The molecule has 0 saturated carbocycles. The number of nitriles is 1. The maximum atomic E-state index is 8.73. The molecule has 0 atom stereocenters. The summed E-state index contributed by atoms with van der Waals surface area (Å²) in [6.07, 6.45) is 1.74. The molecule has 2 aromatic rings. The van der Waals surface area contributed by atoms with Crippen molar-refractivity contribution in [2.75, 3.05) is 0 Å². The molecule has 0 aliphatic carbocycles. The molecule has 90 valence electrons. The van der Waals surface area contributed by atoms with Crippen molar-refractivity contribution in [2.24, 2.45) is 0 Å². The summed E-state index contributed by atoms with van der Waals surface area (Å²) in [5.74, 6) is 0. The zero-order valence-electron chi connectivity index (χ0n) is 9.12. The van der Waals surface area contributed by atoms with E-state index in [1.165, 1.54) is 6.20 Å². The molecule has 2 nitrogen and oxygen atoms in total. The second-order valence-corrected chi connectivity index (χ2v) is 4.87. The maximum absolute atomic E-state index is 8.73. The largest absolute Gasteiger partial charge is 0.255 e. The summed E-state index contributed by atoms with van der Waals surface area (Å²) >= 11 is 18.0. The Balaban J connectivity index is 2.54. The quantitative estimate of drug-likeness (QED) is 0.800. The zero-order valence-corrected chi connectivity index (χ0v) is 11.4. The average Bonchev–Trinajstić information content (AvgIpc) is 2.35. The van der Waals surface area contributed by atoms with E-state index in [0.29, 0.717) is 20.8 Å². The van der Waals surface area contributed by atoms with E-state index in [4.69, 9.17) is 40.1 Å². The van der Waals surface area contributed by atoms with E-state index in [1.807, 2.05) is 0 Å². The highest BCUT2D eigenvalue weighted by Crippen LogP contribution is 2.31. The van der Waals surface area contributed by atoms with E-state index in [9.17, 15) is 0 Å². The van der Waals surface area contributed by atoms with Crippen molar-refractivity contribution in [2.45, 2.75) is 6.42 Å².